The number of hydrogen-bond donors (Lipinski definition) is 1. The van der Waals surface area contributed by atoms with E-state index in [1.54, 1.807) is 6.92 Å². The molecule has 0 amide bonds. The molecule has 2 aromatic carbocycles. The molecule has 0 saturated carbocycles. The third-order valence-corrected chi connectivity index (χ3v) is 6.30. The molecule has 7 nitrogen and oxygen atoms in total. The second-order valence-corrected chi connectivity index (χ2v) is 8.59. The number of ketones is 2. The Labute approximate surface area is 192 Å². The van der Waals surface area contributed by atoms with Crippen molar-refractivity contribution in [1.82, 2.24) is 4.90 Å². The number of hydrogen-bond acceptors (Lipinski definition) is 7. The van der Waals surface area contributed by atoms with E-state index in [4.69, 9.17) is 14.9 Å². The number of benzene rings is 2. The van der Waals surface area contributed by atoms with Crippen LogP contribution in [0.1, 0.15) is 50.9 Å². The van der Waals surface area contributed by atoms with Crippen LogP contribution in [0.3, 0.4) is 0 Å². The maximum atomic E-state index is 13.1. The molecule has 1 atom stereocenters. The highest BCUT2D eigenvalue weighted by Crippen LogP contribution is 2.41. The molecule has 4 rings (SSSR count). The zero-order chi connectivity index (χ0) is 23.9. The third-order valence-electron chi connectivity index (χ3n) is 6.30. The van der Waals surface area contributed by atoms with Gasteiger partial charge in [-0.1, -0.05) is 31.2 Å². The van der Waals surface area contributed by atoms with Gasteiger partial charge in [-0.15, -0.1) is 0 Å². The largest absolute Gasteiger partial charge is 0.463 e. The van der Waals surface area contributed by atoms with Crippen LogP contribution in [0, 0.1) is 13.8 Å². The summed E-state index contributed by atoms with van der Waals surface area (Å²) in [6.07, 6.45) is 0.523. The summed E-state index contributed by atoms with van der Waals surface area (Å²) in [6.45, 7) is 6.68. The summed E-state index contributed by atoms with van der Waals surface area (Å²) in [5.41, 5.74) is 8.77. The molecular formula is C26H28N2O5. The highest BCUT2D eigenvalue weighted by atomic mass is 16.5. The Morgan fingerprint density at radius 3 is 2.55 bits per heavy atom. The highest BCUT2D eigenvalue weighted by Gasteiger charge is 2.37. The van der Waals surface area contributed by atoms with Gasteiger partial charge in [0.05, 0.1) is 12.1 Å². The number of likely N-dealkylation sites (N-methyl/N-ethyl adjacent to an activating group) is 1. The summed E-state index contributed by atoms with van der Waals surface area (Å²) < 4.78 is 11.4. The van der Waals surface area contributed by atoms with E-state index in [1.165, 1.54) is 0 Å². The highest BCUT2D eigenvalue weighted by molar-refractivity contribution is 6.54. The van der Waals surface area contributed by atoms with Crippen molar-refractivity contribution in [3.8, 4) is 11.3 Å². The summed E-state index contributed by atoms with van der Waals surface area (Å²) in [7, 11) is 1.87. The Balaban J connectivity index is 1.62. The topological polar surface area (TPSA) is 103 Å². The smallest absolute Gasteiger partial charge is 0.322 e. The Kier molecular flexibility index (Phi) is 6.19. The zero-order valence-electron chi connectivity index (χ0n) is 19.4. The van der Waals surface area contributed by atoms with E-state index in [1.807, 2.05) is 56.1 Å². The SMILES string of the molecule is CC[C@H](N)C(=O)OCCN(C)Cc1oc2c(c1C)C(=O)C(=O)c1c-2ccc2c(C)cccc12. The average molecular weight is 449 g/mol. The second-order valence-electron chi connectivity index (χ2n) is 8.59. The predicted octanol–water partition coefficient (Wildman–Crippen LogP) is 3.81. The van der Waals surface area contributed by atoms with Crippen LogP contribution >= 0.6 is 0 Å². The molecule has 0 unspecified atom stereocenters. The van der Waals surface area contributed by atoms with Gasteiger partial charge in [-0.2, -0.15) is 0 Å². The maximum Gasteiger partial charge on any atom is 0.322 e. The van der Waals surface area contributed by atoms with Crippen molar-refractivity contribution in [2.45, 2.75) is 39.8 Å². The number of aryl methyl sites for hydroxylation is 1. The van der Waals surface area contributed by atoms with Crippen molar-refractivity contribution in [1.29, 1.82) is 0 Å². The number of Topliss-reactive ketones (excluding diaryl/α,β-unsaturated/α-hetero) is 2. The van der Waals surface area contributed by atoms with Gasteiger partial charge >= 0.3 is 5.97 Å². The molecule has 7 heteroatoms. The fourth-order valence-corrected chi connectivity index (χ4v) is 4.25. The van der Waals surface area contributed by atoms with Gasteiger partial charge in [0.2, 0.25) is 11.6 Å². The minimum Gasteiger partial charge on any atom is -0.463 e. The van der Waals surface area contributed by atoms with Gasteiger partial charge in [0.15, 0.2) is 0 Å². The number of rotatable bonds is 7. The first-order valence-corrected chi connectivity index (χ1v) is 11.1. The molecule has 1 aliphatic rings. The number of esters is 1. The lowest BCUT2D eigenvalue weighted by Gasteiger charge is -2.17. The molecule has 0 bridgehead atoms. The fourth-order valence-electron chi connectivity index (χ4n) is 4.25. The van der Waals surface area contributed by atoms with Crippen molar-refractivity contribution in [2.24, 2.45) is 5.73 Å². The number of carbonyl (C=O) groups excluding carboxylic acids is 3. The molecular weight excluding hydrogens is 420 g/mol. The van der Waals surface area contributed by atoms with Gasteiger partial charge in [0.1, 0.15) is 24.2 Å². The Morgan fingerprint density at radius 2 is 1.82 bits per heavy atom. The Bertz CT molecular complexity index is 1270. The first-order valence-electron chi connectivity index (χ1n) is 11.1. The van der Waals surface area contributed by atoms with E-state index in [2.05, 4.69) is 0 Å². The lowest BCUT2D eigenvalue weighted by atomic mass is 9.83. The summed E-state index contributed by atoms with van der Waals surface area (Å²) in [5.74, 6) is -0.406. The Morgan fingerprint density at radius 1 is 1.09 bits per heavy atom. The van der Waals surface area contributed by atoms with Crippen LogP contribution in [0.15, 0.2) is 34.7 Å². The molecule has 3 aromatic rings. The predicted molar refractivity (Wildman–Crippen MR) is 125 cm³/mol. The quantitative estimate of drug-likeness (QED) is 0.433. The molecule has 0 spiro atoms. The Hall–Kier alpha value is -3.29. The molecule has 33 heavy (non-hydrogen) atoms. The average Bonchev–Trinajstić information content (AvgIpc) is 3.12. The van der Waals surface area contributed by atoms with Gasteiger partial charge in [0, 0.05) is 23.2 Å². The van der Waals surface area contributed by atoms with Crippen molar-refractivity contribution in [3.63, 3.8) is 0 Å². The van der Waals surface area contributed by atoms with Crippen molar-refractivity contribution >= 4 is 28.3 Å². The minimum atomic E-state index is -0.613. The third kappa shape index (κ3) is 3.98. The molecule has 0 saturated heterocycles. The first-order chi connectivity index (χ1) is 15.7. The standard InChI is InChI=1S/C26H28N2O5/c1-5-19(27)26(31)32-12-11-28(4)13-20-15(3)21-23(29)24(30)22-17-8-6-7-14(2)16(17)9-10-18(22)25(21)33-20/h6-10,19H,5,11-13,27H2,1-4H3/t19-/m0/s1. The number of nitrogens with two attached hydrogens (primary N) is 1. The van der Waals surface area contributed by atoms with E-state index in [0.29, 0.717) is 53.3 Å². The summed E-state index contributed by atoms with van der Waals surface area (Å²) in [5, 5.41) is 1.71. The summed E-state index contributed by atoms with van der Waals surface area (Å²) in [6, 6.07) is 8.95. The molecule has 172 valence electrons. The summed E-state index contributed by atoms with van der Waals surface area (Å²) in [4.78, 5) is 39.9. The molecule has 1 aromatic heterocycles. The van der Waals surface area contributed by atoms with Gasteiger partial charge in [0.25, 0.3) is 0 Å². The van der Waals surface area contributed by atoms with Crippen molar-refractivity contribution in [2.75, 3.05) is 20.2 Å². The van der Waals surface area contributed by atoms with Crippen LogP contribution in [0.2, 0.25) is 0 Å². The zero-order valence-corrected chi connectivity index (χ0v) is 19.4. The molecule has 2 N–H and O–H groups in total. The van der Waals surface area contributed by atoms with E-state index in [9.17, 15) is 14.4 Å². The van der Waals surface area contributed by atoms with Crippen molar-refractivity contribution < 1.29 is 23.5 Å². The first kappa shape index (κ1) is 22.9. The second kappa shape index (κ2) is 8.92. The molecule has 1 aliphatic carbocycles. The van der Waals surface area contributed by atoms with Crippen LogP contribution in [-0.4, -0.2) is 48.7 Å². The maximum absolute atomic E-state index is 13.1. The number of carbonyl (C=O) groups is 3. The van der Waals surface area contributed by atoms with Crippen LogP contribution < -0.4 is 5.73 Å². The van der Waals surface area contributed by atoms with Crippen LogP contribution in [0.25, 0.3) is 22.1 Å². The molecule has 0 radical (unpaired) electrons. The van der Waals surface area contributed by atoms with E-state index in [0.717, 1.165) is 16.3 Å². The van der Waals surface area contributed by atoms with Crippen LogP contribution in [-0.2, 0) is 16.1 Å². The minimum absolute atomic E-state index is 0.202. The fraction of sp³-hybridized carbons (Fsp3) is 0.346. The molecule has 0 fully saturated rings. The number of nitrogens with zero attached hydrogens (tertiary/aromatic N) is 1. The number of fused-ring (bicyclic) bond motifs is 5. The van der Waals surface area contributed by atoms with Gasteiger partial charge in [-0.3, -0.25) is 19.3 Å². The van der Waals surface area contributed by atoms with Crippen LogP contribution in [0.5, 0.6) is 0 Å². The van der Waals surface area contributed by atoms with E-state index in [-0.39, 0.29) is 6.61 Å². The molecule has 1 heterocycles. The number of furan rings is 1. The van der Waals surface area contributed by atoms with Gasteiger partial charge < -0.3 is 14.9 Å². The van der Waals surface area contributed by atoms with Gasteiger partial charge in [-0.25, -0.2) is 0 Å². The van der Waals surface area contributed by atoms with Gasteiger partial charge in [-0.05, 0) is 49.7 Å². The monoisotopic (exact) mass is 448 g/mol. The van der Waals surface area contributed by atoms with Crippen LogP contribution in [0.4, 0.5) is 0 Å². The molecule has 0 aliphatic heterocycles. The summed E-state index contributed by atoms with van der Waals surface area (Å²) >= 11 is 0. The van der Waals surface area contributed by atoms with Crippen molar-refractivity contribution in [3.05, 3.63) is 58.3 Å². The number of ether oxygens (including phenoxy) is 1. The lowest BCUT2D eigenvalue weighted by molar-refractivity contribution is -0.145. The van der Waals surface area contributed by atoms with E-state index >= 15 is 0 Å². The van der Waals surface area contributed by atoms with E-state index < -0.39 is 23.6 Å². The normalized spacial score (nSPS) is 13.9. The lowest BCUT2D eigenvalue weighted by Crippen LogP contribution is -2.33.